The van der Waals surface area contributed by atoms with E-state index in [1.807, 2.05) is 29.2 Å². The highest BCUT2D eigenvalue weighted by molar-refractivity contribution is 5.89. The summed E-state index contributed by atoms with van der Waals surface area (Å²) in [6.45, 7) is 3.31. The smallest absolute Gasteiger partial charge is 0.321 e. The van der Waals surface area contributed by atoms with Gasteiger partial charge in [0.25, 0.3) is 0 Å². The summed E-state index contributed by atoms with van der Waals surface area (Å²) in [7, 11) is 4.20. The van der Waals surface area contributed by atoms with Crippen LogP contribution in [0.4, 0.5) is 10.5 Å². The van der Waals surface area contributed by atoms with Gasteiger partial charge in [0.05, 0.1) is 0 Å². The van der Waals surface area contributed by atoms with Crippen molar-refractivity contribution in [2.45, 2.75) is 19.4 Å². The van der Waals surface area contributed by atoms with E-state index in [-0.39, 0.29) is 6.03 Å². The van der Waals surface area contributed by atoms with Crippen LogP contribution < -0.4 is 11.1 Å². The molecular formula is C16H26N4O. The summed E-state index contributed by atoms with van der Waals surface area (Å²) in [6.07, 6.45) is 2.16. The van der Waals surface area contributed by atoms with Crippen LogP contribution in [0.15, 0.2) is 24.3 Å². The standard InChI is InChI=1S/C16H26N4O/c1-19(2)12-14-7-9-20(10-8-14)16(21)18-15-5-3-13(11-17)4-6-15/h3-6,14H,7-12,17H2,1-2H3,(H,18,21). The number of hydrogen-bond acceptors (Lipinski definition) is 3. The van der Waals surface area contributed by atoms with Crippen molar-refractivity contribution in [2.75, 3.05) is 39.0 Å². The Morgan fingerprint density at radius 1 is 1.29 bits per heavy atom. The summed E-state index contributed by atoms with van der Waals surface area (Å²) >= 11 is 0. The largest absolute Gasteiger partial charge is 0.326 e. The van der Waals surface area contributed by atoms with Crippen molar-refractivity contribution >= 4 is 11.7 Å². The Morgan fingerprint density at radius 2 is 1.90 bits per heavy atom. The number of hydrogen-bond donors (Lipinski definition) is 2. The monoisotopic (exact) mass is 290 g/mol. The average molecular weight is 290 g/mol. The number of anilines is 1. The van der Waals surface area contributed by atoms with Crippen molar-refractivity contribution in [3.05, 3.63) is 29.8 Å². The number of nitrogens with zero attached hydrogens (tertiary/aromatic N) is 2. The SMILES string of the molecule is CN(C)CC1CCN(C(=O)Nc2ccc(CN)cc2)CC1. The maximum Gasteiger partial charge on any atom is 0.321 e. The van der Waals surface area contributed by atoms with Crippen LogP contribution in [0.5, 0.6) is 0 Å². The van der Waals surface area contributed by atoms with E-state index in [9.17, 15) is 4.79 Å². The summed E-state index contributed by atoms with van der Waals surface area (Å²) in [4.78, 5) is 16.4. The highest BCUT2D eigenvalue weighted by Crippen LogP contribution is 2.19. The van der Waals surface area contributed by atoms with Gasteiger partial charge in [-0.1, -0.05) is 12.1 Å². The fourth-order valence-corrected chi connectivity index (χ4v) is 2.76. The van der Waals surface area contributed by atoms with E-state index in [2.05, 4.69) is 24.3 Å². The highest BCUT2D eigenvalue weighted by atomic mass is 16.2. The third-order valence-corrected chi connectivity index (χ3v) is 3.97. The van der Waals surface area contributed by atoms with E-state index in [0.717, 1.165) is 43.7 Å². The molecule has 116 valence electrons. The maximum atomic E-state index is 12.2. The van der Waals surface area contributed by atoms with Crippen LogP contribution in [0.2, 0.25) is 0 Å². The molecule has 1 aliphatic rings. The van der Waals surface area contributed by atoms with Crippen LogP contribution in [0, 0.1) is 5.92 Å². The zero-order valence-electron chi connectivity index (χ0n) is 13.0. The molecule has 2 rings (SSSR count). The van der Waals surface area contributed by atoms with Crippen LogP contribution in [0.1, 0.15) is 18.4 Å². The molecule has 0 unspecified atom stereocenters. The average Bonchev–Trinajstić information content (AvgIpc) is 2.48. The number of carbonyl (C=O) groups is 1. The molecule has 5 heteroatoms. The Hall–Kier alpha value is -1.59. The zero-order chi connectivity index (χ0) is 15.2. The second kappa shape index (κ2) is 7.43. The third-order valence-electron chi connectivity index (χ3n) is 3.97. The molecule has 1 fully saturated rings. The number of amides is 2. The molecule has 0 radical (unpaired) electrons. The summed E-state index contributed by atoms with van der Waals surface area (Å²) in [5, 5.41) is 2.95. The first-order valence-electron chi connectivity index (χ1n) is 7.58. The van der Waals surface area contributed by atoms with Gasteiger partial charge in [0, 0.05) is 31.9 Å². The minimum absolute atomic E-state index is 0.00111. The van der Waals surface area contributed by atoms with E-state index in [1.165, 1.54) is 0 Å². The molecule has 1 heterocycles. The molecule has 0 saturated carbocycles. The number of benzene rings is 1. The highest BCUT2D eigenvalue weighted by Gasteiger charge is 2.23. The van der Waals surface area contributed by atoms with Crippen LogP contribution in [-0.4, -0.2) is 49.6 Å². The van der Waals surface area contributed by atoms with Crippen molar-refractivity contribution in [2.24, 2.45) is 11.7 Å². The number of nitrogens with two attached hydrogens (primary N) is 1. The number of piperidine rings is 1. The molecule has 2 amide bonds. The predicted molar refractivity (Wildman–Crippen MR) is 86.2 cm³/mol. The lowest BCUT2D eigenvalue weighted by atomic mass is 9.97. The van der Waals surface area contributed by atoms with Gasteiger partial charge in [0.15, 0.2) is 0 Å². The molecule has 1 aliphatic heterocycles. The lowest BCUT2D eigenvalue weighted by molar-refractivity contribution is 0.170. The first-order chi connectivity index (χ1) is 10.1. The predicted octanol–water partition coefficient (Wildman–Crippen LogP) is 1.95. The van der Waals surface area contributed by atoms with Gasteiger partial charge in [0.1, 0.15) is 0 Å². The quantitative estimate of drug-likeness (QED) is 0.891. The van der Waals surface area contributed by atoms with E-state index in [0.29, 0.717) is 12.5 Å². The topological polar surface area (TPSA) is 61.6 Å². The zero-order valence-corrected chi connectivity index (χ0v) is 13.0. The number of urea groups is 1. The van der Waals surface area contributed by atoms with Gasteiger partial charge in [-0.15, -0.1) is 0 Å². The number of likely N-dealkylation sites (tertiary alicyclic amines) is 1. The number of nitrogens with one attached hydrogen (secondary N) is 1. The third kappa shape index (κ3) is 4.72. The molecule has 21 heavy (non-hydrogen) atoms. The van der Waals surface area contributed by atoms with Crippen molar-refractivity contribution in [1.29, 1.82) is 0 Å². The van der Waals surface area contributed by atoms with E-state index in [1.54, 1.807) is 0 Å². The van der Waals surface area contributed by atoms with Gasteiger partial charge in [-0.2, -0.15) is 0 Å². The van der Waals surface area contributed by atoms with Crippen LogP contribution in [-0.2, 0) is 6.54 Å². The Labute approximate surface area is 127 Å². The summed E-state index contributed by atoms with van der Waals surface area (Å²) in [5.74, 6) is 0.702. The molecule has 1 saturated heterocycles. The second-order valence-corrected chi connectivity index (χ2v) is 6.02. The molecule has 3 N–H and O–H groups in total. The summed E-state index contributed by atoms with van der Waals surface area (Å²) in [5.41, 5.74) is 7.46. The molecule has 1 aromatic rings. The lowest BCUT2D eigenvalue weighted by Crippen LogP contribution is -2.42. The van der Waals surface area contributed by atoms with Gasteiger partial charge >= 0.3 is 6.03 Å². The lowest BCUT2D eigenvalue weighted by Gasteiger charge is -2.33. The molecule has 0 atom stereocenters. The van der Waals surface area contributed by atoms with Gasteiger partial charge in [-0.05, 0) is 50.6 Å². The number of rotatable bonds is 4. The molecular weight excluding hydrogens is 264 g/mol. The maximum absolute atomic E-state index is 12.2. The van der Waals surface area contributed by atoms with Gasteiger partial charge in [-0.3, -0.25) is 0 Å². The van der Waals surface area contributed by atoms with Crippen molar-refractivity contribution in [1.82, 2.24) is 9.80 Å². The first kappa shape index (κ1) is 15.8. The normalized spacial score (nSPS) is 16.3. The Kier molecular flexibility index (Phi) is 5.59. The van der Waals surface area contributed by atoms with Crippen molar-refractivity contribution in [3.8, 4) is 0 Å². The Morgan fingerprint density at radius 3 is 2.43 bits per heavy atom. The molecule has 0 bridgehead atoms. The minimum atomic E-state index is -0.00111. The molecule has 5 nitrogen and oxygen atoms in total. The molecule has 0 aromatic heterocycles. The Balaban J connectivity index is 1.81. The van der Waals surface area contributed by atoms with Gasteiger partial charge in [-0.25, -0.2) is 4.79 Å². The molecule has 1 aromatic carbocycles. The van der Waals surface area contributed by atoms with Gasteiger partial charge < -0.3 is 20.9 Å². The fourth-order valence-electron chi connectivity index (χ4n) is 2.76. The summed E-state index contributed by atoms with van der Waals surface area (Å²) < 4.78 is 0. The van der Waals surface area contributed by atoms with Crippen LogP contribution >= 0.6 is 0 Å². The van der Waals surface area contributed by atoms with Crippen LogP contribution in [0.25, 0.3) is 0 Å². The fraction of sp³-hybridized carbons (Fsp3) is 0.562. The summed E-state index contributed by atoms with van der Waals surface area (Å²) in [6, 6.07) is 7.69. The van der Waals surface area contributed by atoms with Gasteiger partial charge in [0.2, 0.25) is 0 Å². The van der Waals surface area contributed by atoms with Crippen molar-refractivity contribution < 1.29 is 4.79 Å². The molecule has 0 spiro atoms. The van der Waals surface area contributed by atoms with Crippen molar-refractivity contribution in [3.63, 3.8) is 0 Å². The second-order valence-electron chi connectivity index (χ2n) is 6.02. The molecule has 0 aliphatic carbocycles. The van der Waals surface area contributed by atoms with E-state index < -0.39 is 0 Å². The van der Waals surface area contributed by atoms with E-state index >= 15 is 0 Å². The first-order valence-corrected chi connectivity index (χ1v) is 7.58. The van der Waals surface area contributed by atoms with Crippen LogP contribution in [0.3, 0.4) is 0 Å². The Bertz CT molecular complexity index is 450. The van der Waals surface area contributed by atoms with E-state index in [4.69, 9.17) is 5.73 Å². The number of carbonyl (C=O) groups excluding carboxylic acids is 1. The minimum Gasteiger partial charge on any atom is -0.326 e.